The topological polar surface area (TPSA) is 103 Å². The number of hydrogen-bond donors (Lipinski definition) is 2. The summed E-state index contributed by atoms with van der Waals surface area (Å²) in [5, 5.41) is 17.4. The van der Waals surface area contributed by atoms with Crippen molar-refractivity contribution in [2.75, 3.05) is 12.4 Å². The Balaban J connectivity index is 1.36. The van der Waals surface area contributed by atoms with E-state index in [-0.39, 0.29) is 23.7 Å². The second-order valence-electron chi connectivity index (χ2n) is 7.25. The molecule has 3 aromatic carbocycles. The van der Waals surface area contributed by atoms with Gasteiger partial charge in [-0.25, -0.2) is 0 Å². The number of methoxy groups -OCH3 is 1. The monoisotopic (exact) mass is 497 g/mol. The van der Waals surface area contributed by atoms with Crippen LogP contribution in [0, 0.1) is 10.1 Å². The van der Waals surface area contributed by atoms with Crippen LogP contribution in [-0.2, 0) is 11.4 Å². The van der Waals surface area contributed by atoms with Crippen LogP contribution in [0.15, 0.2) is 71.6 Å². The van der Waals surface area contributed by atoms with E-state index in [4.69, 9.17) is 21.1 Å². The number of benzene rings is 3. The summed E-state index contributed by atoms with van der Waals surface area (Å²) in [5.74, 6) is 1.10. The molecule has 174 valence electrons. The van der Waals surface area contributed by atoms with Gasteiger partial charge in [0, 0.05) is 17.2 Å². The number of anilines is 1. The van der Waals surface area contributed by atoms with Gasteiger partial charge in [0.2, 0.25) is 0 Å². The Morgan fingerprint density at radius 3 is 2.56 bits per heavy atom. The van der Waals surface area contributed by atoms with Crippen molar-refractivity contribution in [2.45, 2.75) is 12.1 Å². The van der Waals surface area contributed by atoms with E-state index in [9.17, 15) is 14.9 Å². The third-order valence-corrected chi connectivity index (χ3v) is 6.17. The largest absolute Gasteiger partial charge is 0.495 e. The molecule has 1 fully saturated rings. The molecular formula is C24H20ClN3O5S. The van der Waals surface area contributed by atoms with E-state index < -0.39 is 4.92 Å². The van der Waals surface area contributed by atoms with E-state index in [1.54, 1.807) is 43.5 Å². The molecule has 1 amide bonds. The summed E-state index contributed by atoms with van der Waals surface area (Å²) in [5.41, 5.74) is 2.03. The predicted molar refractivity (Wildman–Crippen MR) is 133 cm³/mol. The first-order chi connectivity index (χ1) is 16.4. The highest BCUT2D eigenvalue weighted by atomic mass is 35.5. The molecule has 3 aromatic rings. The number of rotatable bonds is 8. The molecule has 8 nitrogen and oxygen atoms in total. The zero-order valence-corrected chi connectivity index (χ0v) is 19.6. The van der Waals surface area contributed by atoms with Crippen molar-refractivity contribution in [3.8, 4) is 11.5 Å². The summed E-state index contributed by atoms with van der Waals surface area (Å²) in [6, 6.07) is 18.8. The Bertz CT molecular complexity index is 1230. The standard InChI is InChI=1S/C24H20ClN3O5S/c1-32-21-11-6-17(25)13-20(21)26-24-27-23(29)22(34-24)12-15-4-9-19(10-5-15)33-14-16-2-7-18(8-3-16)28(30)31/h2-13,24,26H,14H2,1H3,(H,27,29)/b22-12-. The van der Waals surface area contributed by atoms with Crippen LogP contribution in [0.1, 0.15) is 11.1 Å². The third-order valence-electron chi connectivity index (χ3n) is 4.91. The number of nitro benzene ring substituents is 1. The number of ether oxygens (including phenoxy) is 2. The molecule has 1 aliphatic rings. The molecular weight excluding hydrogens is 478 g/mol. The quantitative estimate of drug-likeness (QED) is 0.243. The lowest BCUT2D eigenvalue weighted by Gasteiger charge is -2.15. The first-order valence-electron chi connectivity index (χ1n) is 10.2. The molecule has 1 unspecified atom stereocenters. The minimum absolute atomic E-state index is 0.0408. The molecule has 0 spiro atoms. The zero-order chi connectivity index (χ0) is 24.1. The van der Waals surface area contributed by atoms with E-state index in [0.29, 0.717) is 27.1 Å². The van der Waals surface area contributed by atoms with Gasteiger partial charge < -0.3 is 20.1 Å². The molecule has 0 bridgehead atoms. The van der Waals surface area contributed by atoms with Gasteiger partial charge in [0.1, 0.15) is 18.1 Å². The lowest BCUT2D eigenvalue weighted by atomic mass is 10.2. The number of nitrogens with zero attached hydrogens (tertiary/aromatic N) is 1. The van der Waals surface area contributed by atoms with Crippen LogP contribution >= 0.6 is 23.4 Å². The Morgan fingerprint density at radius 1 is 1.15 bits per heavy atom. The maximum atomic E-state index is 12.4. The molecule has 4 rings (SSSR count). The average molecular weight is 498 g/mol. The number of nitro groups is 1. The first-order valence-corrected chi connectivity index (χ1v) is 11.4. The second kappa shape index (κ2) is 10.5. The fourth-order valence-corrected chi connectivity index (χ4v) is 4.34. The molecule has 34 heavy (non-hydrogen) atoms. The number of halogens is 1. The lowest BCUT2D eigenvalue weighted by Crippen LogP contribution is -2.31. The fraction of sp³-hybridized carbons (Fsp3) is 0.125. The number of carbonyl (C=O) groups is 1. The van der Waals surface area contributed by atoms with E-state index in [1.165, 1.54) is 23.9 Å². The van der Waals surface area contributed by atoms with Crippen LogP contribution in [0.4, 0.5) is 11.4 Å². The molecule has 10 heteroatoms. The summed E-state index contributed by atoms with van der Waals surface area (Å²) in [6.07, 6.45) is 1.80. The smallest absolute Gasteiger partial charge is 0.269 e. The molecule has 2 N–H and O–H groups in total. The van der Waals surface area contributed by atoms with E-state index >= 15 is 0 Å². The van der Waals surface area contributed by atoms with Crippen molar-refractivity contribution in [3.63, 3.8) is 0 Å². The zero-order valence-electron chi connectivity index (χ0n) is 18.0. The maximum absolute atomic E-state index is 12.4. The van der Waals surface area contributed by atoms with Crippen LogP contribution in [-0.4, -0.2) is 23.4 Å². The van der Waals surface area contributed by atoms with Gasteiger partial charge in [0.25, 0.3) is 11.6 Å². The molecule has 0 aliphatic carbocycles. The lowest BCUT2D eigenvalue weighted by molar-refractivity contribution is -0.384. The van der Waals surface area contributed by atoms with Crippen molar-refractivity contribution < 1.29 is 19.2 Å². The average Bonchev–Trinajstić information content (AvgIpc) is 3.17. The molecule has 1 atom stereocenters. The van der Waals surface area contributed by atoms with Crippen molar-refractivity contribution >= 4 is 46.7 Å². The number of hydrogen-bond acceptors (Lipinski definition) is 7. The van der Waals surface area contributed by atoms with Gasteiger partial charge >= 0.3 is 0 Å². The second-order valence-corrected chi connectivity index (χ2v) is 8.83. The van der Waals surface area contributed by atoms with Crippen molar-refractivity contribution in [1.29, 1.82) is 0 Å². The van der Waals surface area contributed by atoms with Gasteiger partial charge in [-0.2, -0.15) is 0 Å². The predicted octanol–water partition coefficient (Wildman–Crippen LogP) is 5.44. The number of carbonyl (C=O) groups excluding carboxylic acids is 1. The van der Waals surface area contributed by atoms with Crippen LogP contribution in [0.25, 0.3) is 6.08 Å². The van der Waals surface area contributed by atoms with Crippen LogP contribution in [0.2, 0.25) is 5.02 Å². The first kappa shape index (κ1) is 23.5. The summed E-state index contributed by atoms with van der Waals surface area (Å²) in [6.45, 7) is 0.289. The van der Waals surface area contributed by atoms with Gasteiger partial charge in [-0.15, -0.1) is 0 Å². The Morgan fingerprint density at radius 2 is 1.88 bits per heavy atom. The minimum Gasteiger partial charge on any atom is -0.495 e. The van der Waals surface area contributed by atoms with Gasteiger partial charge in [-0.05, 0) is 59.7 Å². The number of thioether (sulfide) groups is 1. The van der Waals surface area contributed by atoms with Gasteiger partial charge in [-0.3, -0.25) is 14.9 Å². The number of amides is 1. The summed E-state index contributed by atoms with van der Waals surface area (Å²) in [4.78, 5) is 23.3. The summed E-state index contributed by atoms with van der Waals surface area (Å²) < 4.78 is 11.1. The summed E-state index contributed by atoms with van der Waals surface area (Å²) >= 11 is 7.44. The van der Waals surface area contributed by atoms with Gasteiger partial charge in [0.05, 0.1) is 22.6 Å². The van der Waals surface area contributed by atoms with Crippen molar-refractivity contribution in [2.24, 2.45) is 0 Å². The Hall–Kier alpha value is -3.69. The maximum Gasteiger partial charge on any atom is 0.269 e. The molecule has 1 heterocycles. The van der Waals surface area contributed by atoms with Crippen LogP contribution in [0.5, 0.6) is 11.5 Å². The number of nitrogens with one attached hydrogen (secondary N) is 2. The highest BCUT2D eigenvalue weighted by Gasteiger charge is 2.27. The fourth-order valence-electron chi connectivity index (χ4n) is 3.19. The van der Waals surface area contributed by atoms with E-state index in [1.807, 2.05) is 24.3 Å². The highest BCUT2D eigenvalue weighted by Crippen LogP contribution is 2.34. The molecule has 1 aliphatic heterocycles. The normalized spacial score (nSPS) is 16.2. The third kappa shape index (κ3) is 5.81. The molecule has 0 radical (unpaired) electrons. The summed E-state index contributed by atoms with van der Waals surface area (Å²) in [7, 11) is 1.57. The van der Waals surface area contributed by atoms with Crippen molar-refractivity contribution in [1.82, 2.24) is 5.32 Å². The van der Waals surface area contributed by atoms with E-state index in [0.717, 1.165) is 11.1 Å². The van der Waals surface area contributed by atoms with Crippen molar-refractivity contribution in [3.05, 3.63) is 97.9 Å². The molecule has 0 aromatic heterocycles. The molecule has 0 saturated carbocycles. The molecule has 1 saturated heterocycles. The van der Waals surface area contributed by atoms with Gasteiger partial charge in [-0.1, -0.05) is 35.5 Å². The Labute approximate surface area is 205 Å². The minimum atomic E-state index is -0.437. The van der Waals surface area contributed by atoms with E-state index in [2.05, 4.69) is 10.6 Å². The Kier molecular flexibility index (Phi) is 7.24. The number of non-ortho nitro benzene ring substituents is 1. The van der Waals surface area contributed by atoms with Gasteiger partial charge in [0.15, 0.2) is 5.50 Å². The SMILES string of the molecule is COc1ccc(Cl)cc1NC1NC(=O)/C(=C/c2ccc(OCc3ccc([N+](=O)[O-])cc3)cc2)S1. The van der Waals surface area contributed by atoms with Crippen LogP contribution < -0.4 is 20.1 Å². The highest BCUT2D eigenvalue weighted by molar-refractivity contribution is 8.05. The van der Waals surface area contributed by atoms with Crippen LogP contribution in [0.3, 0.4) is 0 Å².